The molecule has 3 aliphatic heterocycles. The molecule has 0 aliphatic carbocycles. The Labute approximate surface area is 227 Å². The van der Waals surface area contributed by atoms with Crippen LogP contribution in [-0.2, 0) is 17.9 Å². The number of nitrogens with one attached hydrogen (secondary N) is 1. The molecule has 11 heteroatoms. The monoisotopic (exact) mass is 541 g/mol. The van der Waals surface area contributed by atoms with Gasteiger partial charge in [-0.2, -0.15) is 5.26 Å². The second-order valence-electron chi connectivity index (χ2n) is 10.5. The molecule has 1 fully saturated rings. The number of carbonyl (C=O) groups is 2. The van der Waals surface area contributed by atoms with Crippen LogP contribution in [0, 0.1) is 11.3 Å². The number of carbonyl (C=O) groups excluding carboxylic acids is 2. The number of alkyl halides is 2. The van der Waals surface area contributed by atoms with Gasteiger partial charge in [0.05, 0.1) is 46.9 Å². The molecule has 4 aromatic rings. The molecule has 1 saturated heterocycles. The fourth-order valence-electron chi connectivity index (χ4n) is 6.09. The molecule has 0 spiro atoms. The van der Waals surface area contributed by atoms with E-state index in [1.165, 1.54) is 4.90 Å². The first-order valence-corrected chi connectivity index (χ1v) is 13.2. The van der Waals surface area contributed by atoms with Crippen LogP contribution in [0.2, 0.25) is 0 Å². The van der Waals surface area contributed by atoms with Gasteiger partial charge in [-0.15, -0.1) is 0 Å². The topological polar surface area (TPSA) is 98.7 Å². The Balaban J connectivity index is 1.31. The van der Waals surface area contributed by atoms with E-state index in [0.717, 1.165) is 27.7 Å². The van der Waals surface area contributed by atoms with Crippen molar-refractivity contribution in [3.63, 3.8) is 0 Å². The number of nitrogens with zero attached hydrogens (tertiary/aromatic N) is 6. The van der Waals surface area contributed by atoms with E-state index < -0.39 is 5.92 Å². The lowest BCUT2D eigenvalue weighted by atomic mass is 10.00. The van der Waals surface area contributed by atoms with Gasteiger partial charge in [0.1, 0.15) is 5.65 Å². The number of hydrogen-bond acceptors (Lipinski definition) is 5. The minimum Gasteiger partial charge on any atom is -0.376 e. The van der Waals surface area contributed by atoms with Crippen LogP contribution in [0.4, 0.5) is 13.6 Å². The van der Waals surface area contributed by atoms with E-state index in [4.69, 9.17) is 0 Å². The standard InChI is InChI=1S/C29H25F2N7O2/c30-29(31)4-7-35(8-5-29)28(40)37-10-9-36-17-21(20-12-18(13-32)11-19(16-37)27(20)36)26-25(23(39)15-34-26)22-14-33-24-3-1-2-6-38(22)24/h1-3,6,11-12,14,17,34H,4-5,7-10,15-16H2. The van der Waals surface area contributed by atoms with E-state index in [0.29, 0.717) is 35.6 Å². The Morgan fingerprint density at radius 2 is 1.93 bits per heavy atom. The number of rotatable bonds is 2. The number of amides is 2. The molecule has 1 aromatic carbocycles. The van der Waals surface area contributed by atoms with Crippen molar-refractivity contribution in [1.29, 1.82) is 5.26 Å². The number of nitriles is 1. The van der Waals surface area contributed by atoms with E-state index >= 15 is 0 Å². The van der Waals surface area contributed by atoms with Gasteiger partial charge < -0.3 is 19.7 Å². The number of Topliss-reactive ketones (excluding diaryl/α,β-unsaturated/α-hetero) is 1. The first-order valence-electron chi connectivity index (χ1n) is 13.2. The maximum Gasteiger partial charge on any atom is 0.320 e. The molecule has 2 amide bonds. The van der Waals surface area contributed by atoms with Crippen LogP contribution in [0.1, 0.15) is 35.2 Å². The van der Waals surface area contributed by atoms with Gasteiger partial charge in [0, 0.05) is 68.9 Å². The lowest BCUT2D eigenvalue weighted by Gasteiger charge is -2.35. The van der Waals surface area contributed by atoms with Crippen molar-refractivity contribution in [2.24, 2.45) is 0 Å². The highest BCUT2D eigenvalue weighted by Crippen LogP contribution is 2.38. The van der Waals surface area contributed by atoms with Crippen molar-refractivity contribution in [1.82, 2.24) is 29.1 Å². The van der Waals surface area contributed by atoms with Crippen molar-refractivity contribution < 1.29 is 18.4 Å². The predicted molar refractivity (Wildman–Crippen MR) is 143 cm³/mol. The number of benzene rings is 1. The lowest BCUT2D eigenvalue weighted by Crippen LogP contribution is -2.49. The summed E-state index contributed by atoms with van der Waals surface area (Å²) in [6.07, 6.45) is 4.87. The highest BCUT2D eigenvalue weighted by Gasteiger charge is 2.37. The average molecular weight is 542 g/mol. The van der Waals surface area contributed by atoms with Crippen LogP contribution in [0.25, 0.3) is 27.8 Å². The number of likely N-dealkylation sites (tertiary alicyclic amines) is 1. The van der Waals surface area contributed by atoms with Crippen LogP contribution in [0.15, 0.2) is 48.9 Å². The van der Waals surface area contributed by atoms with E-state index in [2.05, 4.69) is 20.9 Å². The summed E-state index contributed by atoms with van der Waals surface area (Å²) in [7, 11) is 0. The number of fused-ring (bicyclic) bond motifs is 1. The maximum atomic E-state index is 13.7. The predicted octanol–water partition coefficient (Wildman–Crippen LogP) is 3.87. The summed E-state index contributed by atoms with van der Waals surface area (Å²) in [5.41, 5.74) is 5.58. The molecular weight excluding hydrogens is 516 g/mol. The van der Waals surface area contributed by atoms with Gasteiger partial charge in [0.15, 0.2) is 5.78 Å². The molecule has 3 aliphatic rings. The largest absolute Gasteiger partial charge is 0.376 e. The zero-order chi connectivity index (χ0) is 27.6. The first-order chi connectivity index (χ1) is 19.3. The molecular formula is C29H25F2N7O2. The summed E-state index contributed by atoms with van der Waals surface area (Å²) >= 11 is 0. The van der Waals surface area contributed by atoms with Gasteiger partial charge in [-0.05, 0) is 29.8 Å². The molecule has 9 nitrogen and oxygen atoms in total. The number of piperidine rings is 1. The second kappa shape index (κ2) is 8.91. The Kier molecular flexibility index (Phi) is 5.42. The Bertz CT molecular complexity index is 1780. The quantitative estimate of drug-likeness (QED) is 0.416. The summed E-state index contributed by atoms with van der Waals surface area (Å²) in [5.74, 6) is -2.78. The molecule has 3 aromatic heterocycles. The Morgan fingerprint density at radius 1 is 1.10 bits per heavy atom. The summed E-state index contributed by atoms with van der Waals surface area (Å²) in [4.78, 5) is 34.1. The molecule has 7 rings (SSSR count). The number of ketones is 1. The van der Waals surface area contributed by atoms with Crippen LogP contribution in [-0.4, -0.2) is 67.7 Å². The van der Waals surface area contributed by atoms with Crippen molar-refractivity contribution in [3.05, 3.63) is 71.3 Å². The Morgan fingerprint density at radius 3 is 2.73 bits per heavy atom. The van der Waals surface area contributed by atoms with Crippen LogP contribution in [0.3, 0.4) is 0 Å². The molecule has 202 valence electrons. The number of aromatic nitrogens is 3. The molecule has 40 heavy (non-hydrogen) atoms. The summed E-state index contributed by atoms with van der Waals surface area (Å²) < 4.78 is 31.3. The van der Waals surface area contributed by atoms with Crippen molar-refractivity contribution >= 4 is 39.6 Å². The lowest BCUT2D eigenvalue weighted by molar-refractivity contribution is -0.112. The van der Waals surface area contributed by atoms with Gasteiger partial charge in [0.2, 0.25) is 0 Å². The number of pyridine rings is 1. The van der Waals surface area contributed by atoms with Gasteiger partial charge in [-0.1, -0.05) is 6.07 Å². The SMILES string of the molecule is N#Cc1cc2c3c(c1)c(C1=C(c4cnc5ccccn45)C(=O)CN1)cn3CCN(C(=O)N1CCC(F)(F)CC1)C2. The number of halogens is 2. The average Bonchev–Trinajstić information content (AvgIpc) is 3.61. The van der Waals surface area contributed by atoms with E-state index in [1.807, 2.05) is 41.1 Å². The van der Waals surface area contributed by atoms with E-state index in [-0.39, 0.29) is 50.8 Å². The molecule has 0 saturated carbocycles. The molecule has 0 atom stereocenters. The zero-order valence-corrected chi connectivity index (χ0v) is 21.5. The van der Waals surface area contributed by atoms with Gasteiger partial charge in [-0.25, -0.2) is 18.6 Å². The number of imidazole rings is 1. The van der Waals surface area contributed by atoms with Crippen LogP contribution in [0.5, 0.6) is 0 Å². The smallest absolute Gasteiger partial charge is 0.320 e. The summed E-state index contributed by atoms with van der Waals surface area (Å²) in [5, 5.41) is 13.9. The number of urea groups is 1. The number of hydrogen-bond donors (Lipinski definition) is 1. The molecule has 0 bridgehead atoms. The fourth-order valence-corrected chi connectivity index (χ4v) is 6.09. The third-order valence-corrected chi connectivity index (χ3v) is 8.09. The Hall–Kier alpha value is -4.72. The zero-order valence-electron chi connectivity index (χ0n) is 21.5. The molecule has 6 heterocycles. The highest BCUT2D eigenvalue weighted by atomic mass is 19.3. The van der Waals surface area contributed by atoms with Gasteiger partial charge in [-0.3, -0.25) is 9.20 Å². The minimum absolute atomic E-state index is 0.0202. The van der Waals surface area contributed by atoms with Crippen LogP contribution < -0.4 is 5.32 Å². The van der Waals surface area contributed by atoms with Gasteiger partial charge in [0.25, 0.3) is 5.92 Å². The van der Waals surface area contributed by atoms with Gasteiger partial charge >= 0.3 is 6.03 Å². The summed E-state index contributed by atoms with van der Waals surface area (Å²) in [6, 6.07) is 11.2. The van der Waals surface area contributed by atoms with E-state index in [1.54, 1.807) is 17.2 Å². The fraction of sp³-hybridized carbons (Fsp3) is 0.310. The van der Waals surface area contributed by atoms with Crippen molar-refractivity contribution in [2.75, 3.05) is 26.2 Å². The molecule has 0 unspecified atom stereocenters. The highest BCUT2D eigenvalue weighted by molar-refractivity contribution is 6.32. The third kappa shape index (κ3) is 3.82. The maximum absolute atomic E-state index is 13.7. The first kappa shape index (κ1) is 24.3. The second-order valence-corrected chi connectivity index (χ2v) is 10.5. The minimum atomic E-state index is -2.73. The normalized spacial score (nSPS) is 18.8. The van der Waals surface area contributed by atoms with Crippen molar-refractivity contribution in [3.8, 4) is 6.07 Å². The molecule has 1 N–H and O–H groups in total. The third-order valence-electron chi connectivity index (χ3n) is 8.09. The summed E-state index contributed by atoms with van der Waals surface area (Å²) in [6.45, 7) is 1.32. The van der Waals surface area contributed by atoms with Crippen molar-refractivity contribution in [2.45, 2.75) is 31.9 Å². The van der Waals surface area contributed by atoms with E-state index in [9.17, 15) is 23.6 Å². The van der Waals surface area contributed by atoms with Crippen LogP contribution >= 0.6 is 0 Å². The molecule has 0 radical (unpaired) electrons.